The van der Waals surface area contributed by atoms with Crippen molar-refractivity contribution < 1.29 is 14.3 Å². The van der Waals surface area contributed by atoms with Crippen LogP contribution in [0.1, 0.15) is 33.3 Å². The van der Waals surface area contributed by atoms with Gasteiger partial charge in [0.2, 0.25) is 0 Å². The fourth-order valence-electron chi connectivity index (χ4n) is 2.72. The van der Waals surface area contributed by atoms with Crippen LogP contribution in [-0.4, -0.2) is 18.4 Å². The van der Waals surface area contributed by atoms with E-state index in [1.165, 1.54) is 11.3 Å². The van der Waals surface area contributed by atoms with Gasteiger partial charge in [-0.3, -0.25) is 9.59 Å². The molecule has 154 valence electrons. The predicted molar refractivity (Wildman–Crippen MR) is 120 cm³/mol. The third kappa shape index (κ3) is 6.06. The maximum absolute atomic E-state index is 12.8. The van der Waals surface area contributed by atoms with Gasteiger partial charge >= 0.3 is 0 Å². The smallest absolute Gasteiger partial charge is 0.268 e. The molecule has 1 heterocycles. The highest BCUT2D eigenvalue weighted by Gasteiger charge is 2.15. The Morgan fingerprint density at radius 1 is 1.03 bits per heavy atom. The van der Waals surface area contributed by atoms with Crippen LogP contribution in [0.5, 0.6) is 5.75 Å². The van der Waals surface area contributed by atoms with E-state index in [2.05, 4.69) is 10.6 Å². The molecule has 0 atom stereocenters. The van der Waals surface area contributed by atoms with Crippen molar-refractivity contribution in [1.29, 1.82) is 0 Å². The summed E-state index contributed by atoms with van der Waals surface area (Å²) in [6.45, 7) is 4.83. The van der Waals surface area contributed by atoms with Gasteiger partial charge in [0.05, 0.1) is 6.61 Å². The molecule has 0 saturated heterocycles. The molecule has 0 unspecified atom stereocenters. The number of nitrogens with one attached hydrogen (secondary N) is 2. The zero-order valence-corrected chi connectivity index (χ0v) is 17.8. The SMILES string of the molecule is CCOc1ccc(CNC(=O)/C(=C/c2cccs2)NC(=O)c2ccc(C)cc2)cc1. The molecule has 1 aromatic heterocycles. The number of rotatable bonds is 8. The normalized spacial score (nSPS) is 11.1. The summed E-state index contributed by atoms with van der Waals surface area (Å²) in [5.74, 6) is 0.114. The van der Waals surface area contributed by atoms with Crippen LogP contribution in [0.15, 0.2) is 71.7 Å². The van der Waals surface area contributed by atoms with Crippen molar-refractivity contribution in [3.05, 3.63) is 93.3 Å². The summed E-state index contributed by atoms with van der Waals surface area (Å²) < 4.78 is 5.43. The van der Waals surface area contributed by atoms with Gasteiger partial charge in [-0.05, 0) is 61.2 Å². The van der Waals surface area contributed by atoms with Gasteiger partial charge in [0, 0.05) is 17.0 Å². The molecule has 2 amide bonds. The van der Waals surface area contributed by atoms with E-state index in [0.717, 1.165) is 21.8 Å². The third-order valence-corrected chi connectivity index (χ3v) is 5.14. The van der Waals surface area contributed by atoms with Crippen LogP contribution in [0.3, 0.4) is 0 Å². The lowest BCUT2D eigenvalue weighted by Gasteiger charge is -2.11. The Kier molecular flexibility index (Phi) is 7.40. The number of carbonyl (C=O) groups is 2. The molecule has 0 radical (unpaired) electrons. The average molecular weight is 421 g/mol. The van der Waals surface area contributed by atoms with Crippen LogP contribution in [0.4, 0.5) is 0 Å². The molecular formula is C24H24N2O3S. The van der Waals surface area contributed by atoms with Crippen molar-refractivity contribution in [3.8, 4) is 5.75 Å². The molecule has 0 bridgehead atoms. The monoisotopic (exact) mass is 420 g/mol. The van der Waals surface area contributed by atoms with Crippen molar-refractivity contribution in [3.63, 3.8) is 0 Å². The summed E-state index contributed by atoms with van der Waals surface area (Å²) in [4.78, 5) is 26.3. The topological polar surface area (TPSA) is 67.4 Å². The number of amides is 2. The first-order valence-corrected chi connectivity index (χ1v) is 10.6. The molecule has 0 aliphatic rings. The third-order valence-electron chi connectivity index (χ3n) is 4.32. The van der Waals surface area contributed by atoms with Crippen molar-refractivity contribution >= 4 is 29.2 Å². The van der Waals surface area contributed by atoms with E-state index in [-0.39, 0.29) is 17.5 Å². The highest BCUT2D eigenvalue weighted by atomic mass is 32.1. The quantitative estimate of drug-likeness (QED) is 0.526. The number of ether oxygens (including phenoxy) is 1. The van der Waals surface area contributed by atoms with Gasteiger partial charge in [-0.25, -0.2) is 0 Å². The molecule has 0 saturated carbocycles. The van der Waals surface area contributed by atoms with Gasteiger partial charge < -0.3 is 15.4 Å². The number of benzene rings is 2. The minimum atomic E-state index is -0.349. The summed E-state index contributed by atoms with van der Waals surface area (Å²) >= 11 is 1.49. The van der Waals surface area contributed by atoms with E-state index in [9.17, 15) is 9.59 Å². The largest absolute Gasteiger partial charge is 0.494 e. The maximum Gasteiger partial charge on any atom is 0.268 e. The van der Waals surface area contributed by atoms with Crippen molar-refractivity contribution in [1.82, 2.24) is 10.6 Å². The Morgan fingerprint density at radius 3 is 2.40 bits per heavy atom. The van der Waals surface area contributed by atoms with Crippen LogP contribution in [-0.2, 0) is 11.3 Å². The summed E-state index contributed by atoms with van der Waals surface area (Å²) in [6, 6.07) is 18.5. The minimum Gasteiger partial charge on any atom is -0.494 e. The van der Waals surface area contributed by atoms with Gasteiger partial charge in [0.1, 0.15) is 11.4 Å². The fraction of sp³-hybridized carbons (Fsp3) is 0.167. The lowest BCUT2D eigenvalue weighted by Crippen LogP contribution is -2.34. The first kappa shape index (κ1) is 21.3. The summed E-state index contributed by atoms with van der Waals surface area (Å²) in [5.41, 5.74) is 2.70. The average Bonchev–Trinajstić information content (AvgIpc) is 3.26. The summed E-state index contributed by atoms with van der Waals surface area (Å²) in [6.07, 6.45) is 1.68. The van der Waals surface area contributed by atoms with E-state index in [1.807, 2.05) is 67.8 Å². The first-order valence-electron chi connectivity index (χ1n) is 9.68. The van der Waals surface area contributed by atoms with E-state index in [0.29, 0.717) is 18.7 Å². The number of carbonyl (C=O) groups excluding carboxylic acids is 2. The second kappa shape index (κ2) is 10.4. The molecule has 0 aliphatic carbocycles. The molecule has 6 heteroatoms. The second-order valence-electron chi connectivity index (χ2n) is 6.65. The fourth-order valence-corrected chi connectivity index (χ4v) is 3.38. The maximum atomic E-state index is 12.8. The van der Waals surface area contributed by atoms with Gasteiger partial charge in [-0.2, -0.15) is 0 Å². The number of hydrogen-bond acceptors (Lipinski definition) is 4. The molecule has 5 nitrogen and oxygen atoms in total. The van der Waals surface area contributed by atoms with Gasteiger partial charge in [0.15, 0.2) is 0 Å². The molecule has 0 spiro atoms. The van der Waals surface area contributed by atoms with E-state index in [1.54, 1.807) is 18.2 Å². The number of aryl methyl sites for hydroxylation is 1. The lowest BCUT2D eigenvalue weighted by atomic mass is 10.1. The van der Waals surface area contributed by atoms with Gasteiger partial charge in [-0.15, -0.1) is 11.3 Å². The molecule has 3 aromatic rings. The highest BCUT2D eigenvalue weighted by molar-refractivity contribution is 7.10. The van der Waals surface area contributed by atoms with Crippen molar-refractivity contribution in [2.24, 2.45) is 0 Å². The molecule has 2 aromatic carbocycles. The standard InChI is InChI=1S/C24H24N2O3S/c1-3-29-20-12-8-18(9-13-20)16-25-24(28)22(15-21-5-4-14-30-21)26-23(27)19-10-6-17(2)7-11-19/h4-15H,3,16H2,1-2H3,(H,25,28)(H,26,27)/b22-15-. The zero-order chi connectivity index (χ0) is 21.3. The van der Waals surface area contributed by atoms with Gasteiger partial charge in [-0.1, -0.05) is 35.9 Å². The first-order chi connectivity index (χ1) is 14.5. The minimum absolute atomic E-state index is 0.203. The zero-order valence-electron chi connectivity index (χ0n) is 17.0. The molecule has 0 aliphatic heterocycles. The van der Waals surface area contributed by atoms with Crippen LogP contribution >= 0.6 is 11.3 Å². The summed E-state index contributed by atoms with van der Waals surface area (Å²) in [7, 11) is 0. The lowest BCUT2D eigenvalue weighted by molar-refractivity contribution is -0.117. The predicted octanol–water partition coefficient (Wildman–Crippen LogP) is 4.54. The second-order valence-corrected chi connectivity index (χ2v) is 7.63. The Morgan fingerprint density at radius 2 is 1.77 bits per heavy atom. The summed E-state index contributed by atoms with van der Waals surface area (Å²) in [5, 5.41) is 7.54. The Balaban J connectivity index is 1.70. The van der Waals surface area contributed by atoms with Gasteiger partial charge in [0.25, 0.3) is 11.8 Å². The number of hydrogen-bond donors (Lipinski definition) is 2. The highest BCUT2D eigenvalue weighted by Crippen LogP contribution is 2.14. The Hall–Kier alpha value is -3.38. The van der Waals surface area contributed by atoms with E-state index >= 15 is 0 Å². The molecule has 2 N–H and O–H groups in total. The van der Waals surface area contributed by atoms with Crippen molar-refractivity contribution in [2.75, 3.05) is 6.61 Å². The van der Waals surface area contributed by atoms with E-state index < -0.39 is 0 Å². The van der Waals surface area contributed by atoms with Crippen LogP contribution in [0, 0.1) is 6.92 Å². The van der Waals surface area contributed by atoms with Crippen LogP contribution in [0.25, 0.3) is 6.08 Å². The van der Waals surface area contributed by atoms with Crippen LogP contribution < -0.4 is 15.4 Å². The number of thiophene rings is 1. The Labute approximate surface area is 180 Å². The van der Waals surface area contributed by atoms with E-state index in [4.69, 9.17) is 4.74 Å². The Bertz CT molecular complexity index is 1010. The van der Waals surface area contributed by atoms with Crippen molar-refractivity contribution in [2.45, 2.75) is 20.4 Å². The molecular weight excluding hydrogens is 396 g/mol. The molecule has 3 rings (SSSR count). The molecule has 0 fully saturated rings. The molecule has 30 heavy (non-hydrogen) atoms. The van der Waals surface area contributed by atoms with Crippen LogP contribution in [0.2, 0.25) is 0 Å².